The van der Waals surface area contributed by atoms with Crippen molar-refractivity contribution in [1.82, 2.24) is 5.32 Å². The summed E-state index contributed by atoms with van der Waals surface area (Å²) in [6, 6.07) is 0. The molecule has 0 aromatic rings. The second-order valence-electron chi connectivity index (χ2n) is 5.96. The fraction of sp³-hybridized carbons (Fsp3) is 1.00. The van der Waals surface area contributed by atoms with Crippen molar-refractivity contribution in [3.63, 3.8) is 0 Å². The van der Waals surface area contributed by atoms with E-state index < -0.39 is 0 Å². The molecule has 0 saturated carbocycles. The summed E-state index contributed by atoms with van der Waals surface area (Å²) >= 11 is 0. The van der Waals surface area contributed by atoms with E-state index >= 15 is 0 Å². The largest absolute Gasteiger partial charge is 0.311 e. The average Bonchev–Trinajstić information content (AvgIpc) is 2.33. The highest BCUT2D eigenvalue weighted by atomic mass is 15.0. The Bertz CT molecular complexity index is 158. The molecule has 1 aliphatic rings. The minimum absolute atomic E-state index is 0.397. The van der Waals surface area contributed by atoms with Crippen molar-refractivity contribution in [3.05, 3.63) is 0 Å². The van der Waals surface area contributed by atoms with Gasteiger partial charge >= 0.3 is 0 Å². The Morgan fingerprint density at radius 1 is 1.31 bits per heavy atom. The zero-order chi connectivity index (χ0) is 10.1. The maximum atomic E-state index is 3.74. The summed E-state index contributed by atoms with van der Waals surface area (Å²) < 4.78 is 0. The first-order chi connectivity index (χ1) is 5.87. The van der Waals surface area contributed by atoms with Gasteiger partial charge in [-0.15, -0.1) is 0 Å². The molecule has 78 valence electrons. The Labute approximate surface area is 83.3 Å². The van der Waals surface area contributed by atoms with E-state index in [2.05, 4.69) is 39.9 Å². The van der Waals surface area contributed by atoms with Crippen molar-refractivity contribution in [2.45, 2.75) is 59.4 Å². The SMILES string of the molecule is CC(C)CC1(C(C)(C)C)CCCN1. The van der Waals surface area contributed by atoms with Crippen LogP contribution >= 0.6 is 0 Å². The molecule has 1 aliphatic heterocycles. The van der Waals surface area contributed by atoms with E-state index in [4.69, 9.17) is 0 Å². The minimum atomic E-state index is 0.397. The van der Waals surface area contributed by atoms with Gasteiger partial charge in [-0.2, -0.15) is 0 Å². The van der Waals surface area contributed by atoms with Gasteiger partial charge in [0.05, 0.1) is 0 Å². The molecule has 1 atom stereocenters. The topological polar surface area (TPSA) is 12.0 Å². The Morgan fingerprint density at radius 3 is 2.23 bits per heavy atom. The summed E-state index contributed by atoms with van der Waals surface area (Å²) in [5.74, 6) is 0.796. The zero-order valence-electron chi connectivity index (χ0n) is 9.91. The second-order valence-corrected chi connectivity index (χ2v) is 5.96. The molecule has 1 rings (SSSR count). The van der Waals surface area contributed by atoms with E-state index in [9.17, 15) is 0 Å². The van der Waals surface area contributed by atoms with Crippen LogP contribution in [-0.4, -0.2) is 12.1 Å². The van der Waals surface area contributed by atoms with Crippen LogP contribution in [0.4, 0.5) is 0 Å². The molecule has 0 aromatic heterocycles. The van der Waals surface area contributed by atoms with Crippen molar-refractivity contribution in [3.8, 4) is 0 Å². The van der Waals surface area contributed by atoms with Crippen LogP contribution in [0.25, 0.3) is 0 Å². The summed E-state index contributed by atoms with van der Waals surface area (Å²) in [7, 11) is 0. The highest BCUT2D eigenvalue weighted by Gasteiger charge is 2.43. The fourth-order valence-electron chi connectivity index (χ4n) is 2.62. The highest BCUT2D eigenvalue weighted by molar-refractivity contribution is 5.01. The molecule has 0 amide bonds. The summed E-state index contributed by atoms with van der Waals surface area (Å²) in [4.78, 5) is 0. The molecule has 1 unspecified atom stereocenters. The molecule has 0 bridgehead atoms. The molecule has 1 N–H and O–H groups in total. The van der Waals surface area contributed by atoms with Crippen LogP contribution in [-0.2, 0) is 0 Å². The Balaban J connectivity index is 2.75. The number of hydrogen-bond donors (Lipinski definition) is 1. The van der Waals surface area contributed by atoms with Crippen LogP contribution in [0.2, 0.25) is 0 Å². The van der Waals surface area contributed by atoms with Crippen molar-refractivity contribution in [1.29, 1.82) is 0 Å². The van der Waals surface area contributed by atoms with E-state index in [1.165, 1.54) is 25.8 Å². The van der Waals surface area contributed by atoms with Crippen LogP contribution < -0.4 is 5.32 Å². The lowest BCUT2D eigenvalue weighted by molar-refractivity contribution is 0.131. The highest BCUT2D eigenvalue weighted by Crippen LogP contribution is 2.41. The minimum Gasteiger partial charge on any atom is -0.311 e. The van der Waals surface area contributed by atoms with Gasteiger partial charge in [0.25, 0.3) is 0 Å². The molecule has 1 saturated heterocycles. The van der Waals surface area contributed by atoms with E-state index in [1.807, 2.05) is 0 Å². The Morgan fingerprint density at radius 2 is 1.92 bits per heavy atom. The van der Waals surface area contributed by atoms with E-state index in [0.717, 1.165) is 5.92 Å². The lowest BCUT2D eigenvalue weighted by Gasteiger charge is -2.43. The maximum absolute atomic E-state index is 3.74. The Kier molecular flexibility index (Phi) is 3.06. The summed E-state index contributed by atoms with van der Waals surface area (Å²) in [5, 5.41) is 3.74. The molecule has 1 nitrogen and oxygen atoms in total. The molecule has 1 heterocycles. The third-order valence-electron chi connectivity index (χ3n) is 3.44. The van der Waals surface area contributed by atoms with Gasteiger partial charge in [-0.3, -0.25) is 0 Å². The van der Waals surface area contributed by atoms with Crippen LogP contribution in [0.1, 0.15) is 53.9 Å². The standard InChI is InChI=1S/C12H25N/c1-10(2)9-12(11(3,4)5)7-6-8-13-12/h10,13H,6-9H2,1-5H3. The third kappa shape index (κ3) is 2.25. The molecule has 1 fully saturated rings. The molecule has 0 aromatic carbocycles. The summed E-state index contributed by atoms with van der Waals surface area (Å²) in [5.41, 5.74) is 0.801. The van der Waals surface area contributed by atoms with Crippen molar-refractivity contribution in [2.75, 3.05) is 6.54 Å². The van der Waals surface area contributed by atoms with Crippen molar-refractivity contribution >= 4 is 0 Å². The summed E-state index contributed by atoms with van der Waals surface area (Å²) in [6.45, 7) is 13.0. The lowest BCUT2D eigenvalue weighted by Crippen LogP contribution is -2.51. The van der Waals surface area contributed by atoms with Gasteiger partial charge < -0.3 is 5.32 Å². The van der Waals surface area contributed by atoms with Gasteiger partial charge in [0.15, 0.2) is 0 Å². The predicted molar refractivity (Wildman–Crippen MR) is 58.9 cm³/mol. The number of nitrogens with one attached hydrogen (secondary N) is 1. The van der Waals surface area contributed by atoms with Gasteiger partial charge in [0.2, 0.25) is 0 Å². The van der Waals surface area contributed by atoms with Crippen molar-refractivity contribution in [2.24, 2.45) is 11.3 Å². The quantitative estimate of drug-likeness (QED) is 0.693. The van der Waals surface area contributed by atoms with Gasteiger partial charge in [0.1, 0.15) is 0 Å². The molecular weight excluding hydrogens is 158 g/mol. The number of hydrogen-bond acceptors (Lipinski definition) is 1. The molecule has 0 radical (unpaired) electrons. The number of rotatable bonds is 2. The van der Waals surface area contributed by atoms with E-state index in [-0.39, 0.29) is 0 Å². The first-order valence-electron chi connectivity index (χ1n) is 5.62. The lowest BCUT2D eigenvalue weighted by atomic mass is 9.68. The van der Waals surface area contributed by atoms with E-state index in [1.54, 1.807) is 0 Å². The van der Waals surface area contributed by atoms with Gasteiger partial charge in [-0.25, -0.2) is 0 Å². The maximum Gasteiger partial charge on any atom is 0.0232 e. The van der Waals surface area contributed by atoms with Crippen molar-refractivity contribution < 1.29 is 0 Å². The molecule has 1 heteroatoms. The first-order valence-corrected chi connectivity index (χ1v) is 5.62. The average molecular weight is 183 g/mol. The molecule has 13 heavy (non-hydrogen) atoms. The monoisotopic (exact) mass is 183 g/mol. The summed E-state index contributed by atoms with van der Waals surface area (Å²) in [6.07, 6.45) is 4.02. The predicted octanol–water partition coefficient (Wildman–Crippen LogP) is 3.20. The molecule has 0 spiro atoms. The van der Waals surface area contributed by atoms with Gasteiger partial charge in [-0.1, -0.05) is 34.6 Å². The van der Waals surface area contributed by atoms with Gasteiger partial charge in [-0.05, 0) is 37.1 Å². The molecular formula is C12H25N. The normalized spacial score (nSPS) is 30.0. The van der Waals surface area contributed by atoms with Crippen LogP contribution in [0.15, 0.2) is 0 Å². The van der Waals surface area contributed by atoms with Gasteiger partial charge in [0, 0.05) is 5.54 Å². The zero-order valence-corrected chi connectivity index (χ0v) is 9.91. The fourth-order valence-corrected chi connectivity index (χ4v) is 2.62. The van der Waals surface area contributed by atoms with E-state index in [0.29, 0.717) is 11.0 Å². The first kappa shape index (κ1) is 11.0. The van der Waals surface area contributed by atoms with Crippen LogP contribution in [0.5, 0.6) is 0 Å². The second kappa shape index (κ2) is 3.61. The smallest absolute Gasteiger partial charge is 0.0232 e. The third-order valence-corrected chi connectivity index (χ3v) is 3.44. The van der Waals surface area contributed by atoms with Crippen LogP contribution in [0.3, 0.4) is 0 Å². The van der Waals surface area contributed by atoms with Crippen LogP contribution in [0, 0.1) is 11.3 Å². The molecule has 0 aliphatic carbocycles. The Hall–Kier alpha value is -0.0400.